The van der Waals surface area contributed by atoms with Crippen LogP contribution in [0.5, 0.6) is 0 Å². The molecule has 1 N–H and O–H groups in total. The fraction of sp³-hybridized carbons (Fsp3) is 0.467. The van der Waals surface area contributed by atoms with Crippen molar-refractivity contribution in [3.63, 3.8) is 0 Å². The molecule has 0 aromatic heterocycles. The highest BCUT2D eigenvalue weighted by atomic mass is 32.2. The van der Waals surface area contributed by atoms with Gasteiger partial charge in [-0.25, -0.2) is 8.42 Å². The number of ether oxygens (including phenoxy) is 1. The summed E-state index contributed by atoms with van der Waals surface area (Å²) in [6.07, 6.45) is 0.694. The monoisotopic (exact) mass is 309 g/mol. The van der Waals surface area contributed by atoms with Crippen molar-refractivity contribution < 1.29 is 18.3 Å². The molecule has 1 unspecified atom stereocenters. The molecule has 1 heterocycles. The van der Waals surface area contributed by atoms with Gasteiger partial charge in [0.1, 0.15) is 6.61 Å². The van der Waals surface area contributed by atoms with E-state index in [1.807, 2.05) is 6.92 Å². The zero-order chi connectivity index (χ0) is 15.5. The largest absolute Gasteiger partial charge is 0.384 e. The molecule has 1 fully saturated rings. The Morgan fingerprint density at radius 1 is 1.48 bits per heavy atom. The summed E-state index contributed by atoms with van der Waals surface area (Å²) < 4.78 is 32.1. The SMILES string of the molecule is Cc1ccc(S(=O)(=O)N(C)C2CCOC2)c(C#CCO)c1. The first kappa shape index (κ1) is 16.0. The lowest BCUT2D eigenvalue weighted by molar-refractivity contribution is 0.181. The number of benzene rings is 1. The van der Waals surface area contributed by atoms with Crippen molar-refractivity contribution in [1.82, 2.24) is 4.31 Å². The van der Waals surface area contributed by atoms with Crippen molar-refractivity contribution in [3.8, 4) is 11.8 Å². The quantitative estimate of drug-likeness (QED) is 0.837. The second-order valence-electron chi connectivity index (χ2n) is 5.00. The highest BCUT2D eigenvalue weighted by Gasteiger charge is 2.31. The van der Waals surface area contributed by atoms with E-state index in [4.69, 9.17) is 9.84 Å². The average molecular weight is 309 g/mol. The van der Waals surface area contributed by atoms with Gasteiger partial charge in [-0.15, -0.1) is 0 Å². The summed E-state index contributed by atoms with van der Waals surface area (Å²) >= 11 is 0. The van der Waals surface area contributed by atoms with Gasteiger partial charge in [-0.1, -0.05) is 17.9 Å². The van der Waals surface area contributed by atoms with Crippen LogP contribution >= 0.6 is 0 Å². The molecule has 1 aromatic rings. The van der Waals surface area contributed by atoms with Crippen LogP contribution in [0.4, 0.5) is 0 Å². The first-order chi connectivity index (χ1) is 9.96. The second-order valence-corrected chi connectivity index (χ2v) is 6.96. The lowest BCUT2D eigenvalue weighted by atomic mass is 10.1. The Bertz CT molecular complexity index is 667. The van der Waals surface area contributed by atoms with Gasteiger partial charge < -0.3 is 9.84 Å². The molecular weight excluding hydrogens is 290 g/mol. The smallest absolute Gasteiger partial charge is 0.244 e. The lowest BCUT2D eigenvalue weighted by Crippen LogP contribution is -2.37. The van der Waals surface area contributed by atoms with E-state index in [0.29, 0.717) is 25.2 Å². The van der Waals surface area contributed by atoms with Crippen LogP contribution in [0.2, 0.25) is 0 Å². The minimum atomic E-state index is -3.63. The number of sulfonamides is 1. The van der Waals surface area contributed by atoms with Gasteiger partial charge >= 0.3 is 0 Å². The number of rotatable bonds is 3. The number of aryl methyl sites for hydroxylation is 1. The second kappa shape index (κ2) is 6.58. The zero-order valence-electron chi connectivity index (χ0n) is 12.2. The summed E-state index contributed by atoms with van der Waals surface area (Å²) in [6, 6.07) is 4.89. The van der Waals surface area contributed by atoms with E-state index in [1.54, 1.807) is 25.2 Å². The van der Waals surface area contributed by atoms with Gasteiger partial charge in [0.15, 0.2) is 0 Å². The lowest BCUT2D eigenvalue weighted by Gasteiger charge is -2.23. The highest BCUT2D eigenvalue weighted by molar-refractivity contribution is 7.89. The van der Waals surface area contributed by atoms with E-state index in [1.165, 1.54) is 4.31 Å². The molecule has 2 rings (SSSR count). The third kappa shape index (κ3) is 3.44. The summed E-state index contributed by atoms with van der Waals surface area (Å²) in [6.45, 7) is 2.56. The molecule has 6 heteroatoms. The number of aliphatic hydroxyl groups excluding tert-OH is 1. The van der Waals surface area contributed by atoms with Gasteiger partial charge in [0.05, 0.1) is 17.5 Å². The van der Waals surface area contributed by atoms with Gasteiger partial charge in [-0.2, -0.15) is 4.31 Å². The number of aliphatic hydroxyl groups is 1. The average Bonchev–Trinajstić information content (AvgIpc) is 2.98. The van der Waals surface area contributed by atoms with Crippen LogP contribution in [0.15, 0.2) is 23.1 Å². The maximum absolute atomic E-state index is 12.8. The van der Waals surface area contributed by atoms with Crippen molar-refractivity contribution in [3.05, 3.63) is 29.3 Å². The van der Waals surface area contributed by atoms with Gasteiger partial charge in [0.25, 0.3) is 0 Å². The Hall–Kier alpha value is -1.39. The van der Waals surface area contributed by atoms with Crippen molar-refractivity contribution in [2.75, 3.05) is 26.9 Å². The number of hydrogen-bond acceptors (Lipinski definition) is 4. The van der Waals surface area contributed by atoms with E-state index < -0.39 is 10.0 Å². The van der Waals surface area contributed by atoms with E-state index >= 15 is 0 Å². The summed E-state index contributed by atoms with van der Waals surface area (Å²) in [5.41, 5.74) is 1.33. The first-order valence-electron chi connectivity index (χ1n) is 6.73. The van der Waals surface area contributed by atoms with Crippen LogP contribution in [0.1, 0.15) is 17.5 Å². The molecule has 1 aromatic carbocycles. The fourth-order valence-electron chi connectivity index (χ4n) is 2.26. The van der Waals surface area contributed by atoms with E-state index in [-0.39, 0.29) is 17.5 Å². The molecule has 0 aliphatic carbocycles. The summed E-state index contributed by atoms with van der Waals surface area (Å²) in [7, 11) is -2.06. The molecule has 21 heavy (non-hydrogen) atoms. The van der Waals surface area contributed by atoms with Crippen molar-refractivity contribution in [2.24, 2.45) is 0 Å². The molecule has 0 saturated carbocycles. The third-order valence-corrected chi connectivity index (χ3v) is 5.48. The molecule has 1 atom stereocenters. The topological polar surface area (TPSA) is 66.8 Å². The molecule has 1 aliphatic rings. The van der Waals surface area contributed by atoms with E-state index in [2.05, 4.69) is 11.8 Å². The Balaban J connectivity index is 2.43. The van der Waals surface area contributed by atoms with Gasteiger partial charge in [0.2, 0.25) is 10.0 Å². The molecule has 0 spiro atoms. The Kier molecular flexibility index (Phi) is 5.01. The van der Waals surface area contributed by atoms with Crippen LogP contribution in [-0.2, 0) is 14.8 Å². The molecule has 114 valence electrons. The van der Waals surface area contributed by atoms with Gasteiger partial charge in [-0.05, 0) is 31.0 Å². The van der Waals surface area contributed by atoms with Crippen LogP contribution in [-0.4, -0.2) is 50.7 Å². The maximum Gasteiger partial charge on any atom is 0.244 e. The van der Waals surface area contributed by atoms with Crippen LogP contribution in [0.25, 0.3) is 0 Å². The normalized spacial score (nSPS) is 18.6. The zero-order valence-corrected chi connectivity index (χ0v) is 13.0. The minimum absolute atomic E-state index is 0.144. The third-order valence-electron chi connectivity index (χ3n) is 3.51. The van der Waals surface area contributed by atoms with E-state index in [9.17, 15) is 8.42 Å². The molecule has 0 amide bonds. The van der Waals surface area contributed by atoms with Crippen LogP contribution in [0.3, 0.4) is 0 Å². The standard InChI is InChI=1S/C15H19NO4S/c1-12-5-6-15(13(10-12)4-3-8-17)21(18,19)16(2)14-7-9-20-11-14/h5-6,10,14,17H,7-9,11H2,1-2H3. The number of likely N-dealkylation sites (N-methyl/N-ethyl adjacent to an activating group) is 1. The fourth-order valence-corrected chi connectivity index (χ4v) is 3.76. The predicted molar refractivity (Wildman–Crippen MR) is 79.3 cm³/mol. The Labute approximate surface area is 125 Å². The van der Waals surface area contributed by atoms with Crippen LogP contribution < -0.4 is 0 Å². The summed E-state index contributed by atoms with van der Waals surface area (Å²) in [5.74, 6) is 5.23. The molecule has 1 saturated heterocycles. The predicted octanol–water partition coefficient (Wildman–Crippen LogP) is 0.748. The van der Waals surface area contributed by atoms with Gasteiger partial charge in [-0.3, -0.25) is 0 Å². The van der Waals surface area contributed by atoms with Crippen LogP contribution in [0, 0.1) is 18.8 Å². The highest BCUT2D eigenvalue weighted by Crippen LogP contribution is 2.24. The molecular formula is C15H19NO4S. The van der Waals surface area contributed by atoms with Gasteiger partial charge in [0, 0.05) is 19.2 Å². The summed E-state index contributed by atoms with van der Waals surface area (Å²) in [5, 5.41) is 8.82. The number of nitrogens with zero attached hydrogens (tertiary/aromatic N) is 1. The molecule has 0 radical (unpaired) electrons. The molecule has 1 aliphatic heterocycles. The maximum atomic E-state index is 12.8. The first-order valence-corrected chi connectivity index (χ1v) is 8.17. The van der Waals surface area contributed by atoms with Crippen molar-refractivity contribution >= 4 is 10.0 Å². The summed E-state index contributed by atoms with van der Waals surface area (Å²) in [4.78, 5) is 0.170. The van der Waals surface area contributed by atoms with E-state index in [0.717, 1.165) is 5.56 Å². The molecule has 5 nitrogen and oxygen atoms in total. The Morgan fingerprint density at radius 3 is 2.86 bits per heavy atom. The van der Waals surface area contributed by atoms with Crippen molar-refractivity contribution in [1.29, 1.82) is 0 Å². The Morgan fingerprint density at radius 2 is 2.24 bits per heavy atom. The number of hydrogen-bond donors (Lipinski definition) is 1. The van der Waals surface area contributed by atoms with Crippen molar-refractivity contribution in [2.45, 2.75) is 24.3 Å². The molecule has 0 bridgehead atoms. The minimum Gasteiger partial charge on any atom is -0.384 e.